The number of nitrogens with zero attached hydrogens (tertiary/aromatic N) is 5. The van der Waals surface area contributed by atoms with E-state index in [0.29, 0.717) is 18.8 Å². The third kappa shape index (κ3) is 2.65. The van der Waals surface area contributed by atoms with Crippen LogP contribution in [-0.2, 0) is 4.74 Å². The second-order valence-corrected chi connectivity index (χ2v) is 5.95. The van der Waals surface area contributed by atoms with Crippen LogP contribution in [0.1, 0.15) is 28.7 Å². The molecule has 1 fully saturated rings. The summed E-state index contributed by atoms with van der Waals surface area (Å²) >= 11 is 0. The Morgan fingerprint density at radius 1 is 1.50 bits per heavy atom. The van der Waals surface area contributed by atoms with Gasteiger partial charge in [0.25, 0.3) is 5.91 Å². The lowest BCUT2D eigenvalue weighted by atomic mass is 10.0. The Hall–Kier alpha value is -2.74. The van der Waals surface area contributed by atoms with Gasteiger partial charge in [-0.15, -0.1) is 0 Å². The molecule has 0 spiro atoms. The first kappa shape index (κ1) is 14.8. The Bertz CT molecular complexity index is 810. The molecule has 1 aliphatic heterocycles. The fourth-order valence-corrected chi connectivity index (χ4v) is 3.12. The van der Waals surface area contributed by atoms with Gasteiger partial charge >= 0.3 is 0 Å². The number of pyridine rings is 1. The number of hydrogen-bond acceptors (Lipinski definition) is 5. The third-order valence-corrected chi connectivity index (χ3v) is 4.38. The topological polar surface area (TPSA) is 88.4 Å². The summed E-state index contributed by atoms with van der Waals surface area (Å²) in [6.45, 7) is 1.14. The molecule has 1 saturated heterocycles. The summed E-state index contributed by atoms with van der Waals surface area (Å²) in [5.41, 5.74) is 1.18. The molecule has 4 heterocycles. The number of amides is 1. The first-order valence-corrected chi connectivity index (χ1v) is 7.88. The Labute approximate surface area is 138 Å². The molecule has 0 aromatic carbocycles. The van der Waals surface area contributed by atoms with Gasteiger partial charge < -0.3 is 14.0 Å². The largest absolute Gasteiger partial charge is 0.376 e. The number of carbonyl (C=O) groups is 1. The van der Waals surface area contributed by atoms with Crippen LogP contribution in [0.25, 0.3) is 5.65 Å². The van der Waals surface area contributed by atoms with Crippen molar-refractivity contribution >= 4 is 11.6 Å². The predicted octanol–water partition coefficient (Wildman–Crippen LogP) is 1.10. The van der Waals surface area contributed by atoms with E-state index in [4.69, 9.17) is 4.74 Å². The van der Waals surface area contributed by atoms with Gasteiger partial charge in [-0.1, -0.05) is 6.07 Å². The van der Waals surface area contributed by atoms with Gasteiger partial charge in [0.1, 0.15) is 23.5 Å². The van der Waals surface area contributed by atoms with E-state index in [1.165, 1.54) is 6.33 Å². The van der Waals surface area contributed by atoms with Crippen molar-refractivity contribution in [3.63, 3.8) is 0 Å². The van der Waals surface area contributed by atoms with Gasteiger partial charge in [-0.05, 0) is 18.6 Å². The van der Waals surface area contributed by atoms with Gasteiger partial charge in [-0.3, -0.25) is 9.89 Å². The molecule has 0 saturated carbocycles. The minimum atomic E-state index is -0.120. The fourth-order valence-electron chi connectivity index (χ4n) is 3.12. The standard InChI is InChI=1S/C16H18N6O2/c1-21(9-13-11(5-7-24-13)15-17-10-18-20-15)16(23)12-8-22-6-3-2-4-14(22)19-12/h2-4,6,8,10-11,13H,5,7,9H2,1H3,(H,17,18,20)/t11-,13-/m1/s1. The lowest BCUT2D eigenvalue weighted by Crippen LogP contribution is -2.36. The maximum absolute atomic E-state index is 12.7. The smallest absolute Gasteiger partial charge is 0.273 e. The van der Waals surface area contributed by atoms with Crippen LogP contribution in [-0.4, -0.2) is 61.7 Å². The number of carbonyl (C=O) groups excluding carboxylic acids is 1. The molecular formula is C16H18N6O2. The highest BCUT2D eigenvalue weighted by molar-refractivity contribution is 5.92. The summed E-state index contributed by atoms with van der Waals surface area (Å²) in [7, 11) is 1.77. The number of nitrogens with one attached hydrogen (secondary N) is 1. The van der Waals surface area contributed by atoms with Gasteiger partial charge in [0.05, 0.1) is 6.10 Å². The van der Waals surface area contributed by atoms with Crippen molar-refractivity contribution in [2.24, 2.45) is 0 Å². The van der Waals surface area contributed by atoms with Gasteiger partial charge in [0.15, 0.2) is 0 Å². The van der Waals surface area contributed by atoms with E-state index >= 15 is 0 Å². The van der Waals surface area contributed by atoms with Gasteiger partial charge in [-0.25, -0.2) is 9.97 Å². The SMILES string of the molecule is CN(C[C@H]1OCC[C@H]1c1ncn[nH]1)C(=O)c1cn2ccccc2n1. The maximum Gasteiger partial charge on any atom is 0.273 e. The van der Waals surface area contributed by atoms with E-state index < -0.39 is 0 Å². The van der Waals surface area contributed by atoms with Crippen LogP contribution in [0.15, 0.2) is 36.9 Å². The van der Waals surface area contributed by atoms with Crippen molar-refractivity contribution in [1.29, 1.82) is 0 Å². The van der Waals surface area contributed by atoms with Crippen molar-refractivity contribution in [3.05, 3.63) is 48.4 Å². The fraction of sp³-hybridized carbons (Fsp3) is 0.375. The maximum atomic E-state index is 12.7. The van der Waals surface area contributed by atoms with Crippen LogP contribution in [0.2, 0.25) is 0 Å². The van der Waals surface area contributed by atoms with E-state index in [-0.39, 0.29) is 17.9 Å². The summed E-state index contributed by atoms with van der Waals surface area (Å²) in [6, 6.07) is 5.67. The zero-order chi connectivity index (χ0) is 16.5. The van der Waals surface area contributed by atoms with E-state index in [9.17, 15) is 4.79 Å². The number of rotatable bonds is 4. The van der Waals surface area contributed by atoms with Crippen LogP contribution in [0.4, 0.5) is 0 Å². The summed E-state index contributed by atoms with van der Waals surface area (Å²) < 4.78 is 7.64. The number of fused-ring (bicyclic) bond motifs is 1. The average molecular weight is 326 g/mol. The van der Waals surface area contributed by atoms with Gasteiger partial charge in [-0.2, -0.15) is 5.10 Å². The summed E-state index contributed by atoms with van der Waals surface area (Å²) in [4.78, 5) is 22.9. The van der Waals surface area contributed by atoms with Crippen LogP contribution in [0.5, 0.6) is 0 Å². The van der Waals surface area contributed by atoms with E-state index in [1.54, 1.807) is 18.1 Å². The molecule has 24 heavy (non-hydrogen) atoms. The predicted molar refractivity (Wildman–Crippen MR) is 85.6 cm³/mol. The zero-order valence-electron chi connectivity index (χ0n) is 13.3. The number of likely N-dealkylation sites (N-methyl/N-ethyl adjacent to an activating group) is 1. The number of aromatic amines is 1. The lowest BCUT2D eigenvalue weighted by molar-refractivity contribution is 0.0546. The number of imidazole rings is 1. The zero-order valence-corrected chi connectivity index (χ0v) is 13.3. The molecular weight excluding hydrogens is 308 g/mol. The monoisotopic (exact) mass is 326 g/mol. The van der Waals surface area contributed by atoms with Crippen LogP contribution in [0.3, 0.4) is 0 Å². The molecule has 0 radical (unpaired) electrons. The first-order valence-electron chi connectivity index (χ1n) is 7.88. The van der Waals surface area contributed by atoms with Gasteiger partial charge in [0, 0.05) is 38.5 Å². The molecule has 0 bridgehead atoms. The minimum absolute atomic E-state index is 0.0936. The van der Waals surface area contributed by atoms with Crippen LogP contribution < -0.4 is 0 Å². The molecule has 8 heteroatoms. The lowest BCUT2D eigenvalue weighted by Gasteiger charge is -2.23. The van der Waals surface area contributed by atoms with Crippen molar-refractivity contribution in [3.8, 4) is 0 Å². The van der Waals surface area contributed by atoms with E-state index in [1.807, 2.05) is 28.8 Å². The minimum Gasteiger partial charge on any atom is -0.376 e. The van der Waals surface area contributed by atoms with Crippen molar-refractivity contribution in [2.45, 2.75) is 18.4 Å². The first-order chi connectivity index (χ1) is 11.7. The molecule has 3 aromatic heterocycles. The second-order valence-electron chi connectivity index (χ2n) is 5.95. The van der Waals surface area contributed by atoms with Crippen LogP contribution >= 0.6 is 0 Å². The summed E-state index contributed by atoms with van der Waals surface area (Å²) in [5, 5.41) is 6.80. The molecule has 1 aliphatic rings. The highest BCUT2D eigenvalue weighted by atomic mass is 16.5. The summed E-state index contributed by atoms with van der Waals surface area (Å²) in [6.07, 6.45) is 5.90. The van der Waals surface area contributed by atoms with E-state index in [0.717, 1.165) is 17.9 Å². The molecule has 2 atom stereocenters. The average Bonchev–Trinajstić information content (AvgIpc) is 3.33. The molecule has 4 rings (SSSR count). The van der Waals surface area contributed by atoms with E-state index in [2.05, 4.69) is 20.2 Å². The normalized spacial score (nSPS) is 20.5. The highest BCUT2D eigenvalue weighted by Gasteiger charge is 2.33. The second kappa shape index (κ2) is 6.04. The molecule has 8 nitrogen and oxygen atoms in total. The molecule has 1 amide bonds. The van der Waals surface area contributed by atoms with Crippen LogP contribution in [0, 0.1) is 0 Å². The van der Waals surface area contributed by atoms with Crippen molar-refractivity contribution in [1.82, 2.24) is 29.5 Å². The van der Waals surface area contributed by atoms with Crippen molar-refractivity contribution in [2.75, 3.05) is 20.2 Å². The molecule has 0 unspecified atom stereocenters. The Morgan fingerprint density at radius 3 is 3.21 bits per heavy atom. The number of aromatic nitrogens is 5. The highest BCUT2D eigenvalue weighted by Crippen LogP contribution is 2.29. The van der Waals surface area contributed by atoms with Crippen molar-refractivity contribution < 1.29 is 9.53 Å². The molecule has 1 N–H and O–H groups in total. The Kier molecular flexibility index (Phi) is 3.73. The Morgan fingerprint density at radius 2 is 2.42 bits per heavy atom. The molecule has 3 aromatic rings. The Balaban J connectivity index is 1.49. The third-order valence-electron chi connectivity index (χ3n) is 4.38. The molecule has 124 valence electrons. The quantitative estimate of drug-likeness (QED) is 0.775. The number of ether oxygens (including phenoxy) is 1. The van der Waals surface area contributed by atoms with Gasteiger partial charge in [0.2, 0.25) is 0 Å². The number of hydrogen-bond donors (Lipinski definition) is 1. The summed E-state index contributed by atoms with van der Waals surface area (Å²) in [5.74, 6) is 0.820. The number of H-pyrrole nitrogens is 1. The molecule has 0 aliphatic carbocycles.